The van der Waals surface area contributed by atoms with Gasteiger partial charge in [0, 0.05) is 0 Å². The van der Waals surface area contributed by atoms with Gasteiger partial charge in [-0.2, -0.15) is 0 Å². The molecule has 2 N–H and O–H groups in total. The van der Waals surface area contributed by atoms with Crippen molar-refractivity contribution < 1.29 is 4.79 Å². The average Bonchev–Trinajstić information content (AvgIpc) is 3.16. The van der Waals surface area contributed by atoms with E-state index in [0.717, 1.165) is 16.7 Å². The summed E-state index contributed by atoms with van der Waals surface area (Å²) in [5.74, 6) is 0.669. The van der Waals surface area contributed by atoms with E-state index in [4.69, 9.17) is 0 Å². The second kappa shape index (κ2) is 7.41. The molecule has 0 fully saturated rings. The Morgan fingerprint density at radius 1 is 1.15 bits per heavy atom. The molecule has 27 heavy (non-hydrogen) atoms. The van der Waals surface area contributed by atoms with Crippen LogP contribution in [0, 0.1) is 0 Å². The minimum Gasteiger partial charge on any atom is -0.329 e. The monoisotopic (exact) mass is 362 g/mol. The molecule has 2 heterocycles. The molecule has 2 amide bonds. The number of carbonyl (C=O) groups is 1. The number of hydrogen-bond donors (Lipinski definition) is 2. The topological polar surface area (TPSA) is 84.7 Å². The van der Waals surface area contributed by atoms with E-state index in [1.165, 1.54) is 0 Å². The summed E-state index contributed by atoms with van der Waals surface area (Å²) < 4.78 is 1.68. The standard InChI is InChI=1S/C20H22N6O/c1-14(2)15-6-5-7-16(10-15)20(3,4)25-19(27)24-17-8-9-18(21-11-17)26-12-22-23-13-26/h5-13H,1H2,2-4H3,(H2,24,25,27). The van der Waals surface area contributed by atoms with Crippen LogP contribution in [0.25, 0.3) is 11.4 Å². The Morgan fingerprint density at radius 3 is 2.52 bits per heavy atom. The number of pyridine rings is 1. The number of amides is 2. The first-order valence-electron chi connectivity index (χ1n) is 8.52. The van der Waals surface area contributed by atoms with Crippen molar-refractivity contribution >= 4 is 17.3 Å². The van der Waals surface area contributed by atoms with Gasteiger partial charge >= 0.3 is 6.03 Å². The van der Waals surface area contributed by atoms with Crippen molar-refractivity contribution in [3.63, 3.8) is 0 Å². The summed E-state index contributed by atoms with van der Waals surface area (Å²) in [6, 6.07) is 11.2. The summed E-state index contributed by atoms with van der Waals surface area (Å²) in [4.78, 5) is 16.7. The molecule has 0 spiro atoms. The van der Waals surface area contributed by atoms with Gasteiger partial charge in [0.15, 0.2) is 0 Å². The number of anilines is 1. The zero-order valence-electron chi connectivity index (χ0n) is 15.6. The third kappa shape index (κ3) is 4.38. The van der Waals surface area contributed by atoms with Crippen molar-refractivity contribution in [1.82, 2.24) is 25.1 Å². The van der Waals surface area contributed by atoms with Crippen LogP contribution in [0.1, 0.15) is 31.9 Å². The number of carbonyl (C=O) groups excluding carboxylic acids is 1. The molecule has 0 atom stereocenters. The highest BCUT2D eigenvalue weighted by molar-refractivity contribution is 5.89. The van der Waals surface area contributed by atoms with Crippen molar-refractivity contribution in [2.75, 3.05) is 5.32 Å². The Hall–Kier alpha value is -3.48. The van der Waals surface area contributed by atoms with Gasteiger partial charge in [0.1, 0.15) is 18.5 Å². The molecule has 0 radical (unpaired) electrons. The lowest BCUT2D eigenvalue weighted by molar-refractivity contribution is 0.242. The maximum atomic E-state index is 12.4. The fourth-order valence-electron chi connectivity index (χ4n) is 2.62. The Kier molecular flexibility index (Phi) is 5.03. The van der Waals surface area contributed by atoms with Crippen LogP contribution in [0.2, 0.25) is 0 Å². The van der Waals surface area contributed by atoms with Gasteiger partial charge in [-0.25, -0.2) is 9.78 Å². The SMILES string of the molecule is C=C(C)c1cccc(C(C)(C)NC(=O)Nc2ccc(-n3cnnc3)nc2)c1. The quantitative estimate of drug-likeness (QED) is 0.724. The summed E-state index contributed by atoms with van der Waals surface area (Å²) in [7, 11) is 0. The molecule has 3 rings (SSSR count). The van der Waals surface area contributed by atoms with Crippen LogP contribution < -0.4 is 10.6 Å². The maximum absolute atomic E-state index is 12.4. The maximum Gasteiger partial charge on any atom is 0.319 e. The molecule has 7 nitrogen and oxygen atoms in total. The molecule has 0 unspecified atom stereocenters. The second-order valence-electron chi connectivity index (χ2n) is 6.84. The number of aromatic nitrogens is 4. The van der Waals surface area contributed by atoms with Crippen molar-refractivity contribution in [3.8, 4) is 5.82 Å². The normalized spacial score (nSPS) is 11.1. The molecule has 0 aliphatic heterocycles. The third-order valence-corrected chi connectivity index (χ3v) is 4.19. The molecule has 0 saturated carbocycles. The third-order valence-electron chi connectivity index (χ3n) is 4.19. The molecule has 1 aromatic carbocycles. The van der Waals surface area contributed by atoms with E-state index >= 15 is 0 Å². The van der Waals surface area contributed by atoms with E-state index in [0.29, 0.717) is 11.5 Å². The Balaban J connectivity index is 1.67. The largest absolute Gasteiger partial charge is 0.329 e. The fourth-order valence-corrected chi connectivity index (χ4v) is 2.62. The first-order chi connectivity index (χ1) is 12.8. The lowest BCUT2D eigenvalue weighted by atomic mass is 9.92. The first-order valence-corrected chi connectivity index (χ1v) is 8.52. The van der Waals surface area contributed by atoms with Gasteiger partial charge in [0.2, 0.25) is 0 Å². The van der Waals surface area contributed by atoms with Gasteiger partial charge < -0.3 is 10.6 Å². The van der Waals surface area contributed by atoms with E-state index in [1.54, 1.807) is 35.6 Å². The molecule has 0 saturated heterocycles. The highest BCUT2D eigenvalue weighted by atomic mass is 16.2. The van der Waals surface area contributed by atoms with Crippen molar-refractivity contribution in [2.45, 2.75) is 26.3 Å². The number of rotatable bonds is 5. The smallest absolute Gasteiger partial charge is 0.319 e. The fraction of sp³-hybridized carbons (Fsp3) is 0.200. The highest BCUT2D eigenvalue weighted by Crippen LogP contribution is 2.23. The molecule has 7 heteroatoms. The molecular weight excluding hydrogens is 340 g/mol. The van der Waals surface area contributed by atoms with Crippen LogP contribution in [0.5, 0.6) is 0 Å². The zero-order valence-corrected chi connectivity index (χ0v) is 15.6. The molecular formula is C20H22N6O. The van der Waals surface area contributed by atoms with Gasteiger partial charge in [-0.3, -0.25) is 4.57 Å². The van der Waals surface area contributed by atoms with Crippen molar-refractivity contribution in [2.24, 2.45) is 0 Å². The number of hydrogen-bond acceptors (Lipinski definition) is 4. The summed E-state index contributed by atoms with van der Waals surface area (Å²) in [5.41, 5.74) is 3.08. The summed E-state index contributed by atoms with van der Waals surface area (Å²) >= 11 is 0. The van der Waals surface area contributed by atoms with Gasteiger partial charge in [0.05, 0.1) is 17.4 Å². The first kappa shape index (κ1) is 18.3. The highest BCUT2D eigenvalue weighted by Gasteiger charge is 2.23. The lowest BCUT2D eigenvalue weighted by Crippen LogP contribution is -2.43. The number of urea groups is 1. The minimum atomic E-state index is -0.550. The van der Waals surface area contributed by atoms with E-state index in [2.05, 4.69) is 32.4 Å². The van der Waals surface area contributed by atoms with Crippen LogP contribution in [0.4, 0.5) is 10.5 Å². The number of nitrogens with one attached hydrogen (secondary N) is 2. The van der Waals surface area contributed by atoms with Crippen molar-refractivity contribution in [1.29, 1.82) is 0 Å². The second-order valence-corrected chi connectivity index (χ2v) is 6.84. The van der Waals surface area contributed by atoms with Crippen LogP contribution in [-0.4, -0.2) is 25.8 Å². The van der Waals surface area contributed by atoms with Gasteiger partial charge in [-0.05, 0) is 50.1 Å². The molecule has 0 aliphatic carbocycles. The number of allylic oxidation sites excluding steroid dienone is 1. The van der Waals surface area contributed by atoms with E-state index in [-0.39, 0.29) is 6.03 Å². The van der Waals surface area contributed by atoms with Crippen LogP contribution in [-0.2, 0) is 5.54 Å². The number of benzene rings is 1. The molecule has 3 aromatic rings. The Labute approximate surface area is 158 Å². The summed E-state index contributed by atoms with van der Waals surface area (Å²) in [6.45, 7) is 9.85. The minimum absolute atomic E-state index is 0.306. The van der Waals surface area contributed by atoms with E-state index < -0.39 is 5.54 Å². The predicted octanol–water partition coefficient (Wildman–Crippen LogP) is 3.75. The van der Waals surface area contributed by atoms with Crippen LogP contribution in [0.3, 0.4) is 0 Å². The molecule has 0 bridgehead atoms. The Bertz CT molecular complexity index is 945. The van der Waals surface area contributed by atoms with Gasteiger partial charge in [-0.1, -0.05) is 30.4 Å². The average molecular weight is 362 g/mol. The summed E-state index contributed by atoms with van der Waals surface area (Å²) in [5, 5.41) is 13.3. The predicted molar refractivity (Wildman–Crippen MR) is 105 cm³/mol. The van der Waals surface area contributed by atoms with Gasteiger partial charge in [0.25, 0.3) is 0 Å². The van der Waals surface area contributed by atoms with Crippen molar-refractivity contribution in [3.05, 3.63) is 73.0 Å². The van der Waals surface area contributed by atoms with Gasteiger partial charge in [-0.15, -0.1) is 10.2 Å². The molecule has 138 valence electrons. The Morgan fingerprint density at radius 2 is 1.89 bits per heavy atom. The van der Waals surface area contributed by atoms with Crippen LogP contribution >= 0.6 is 0 Å². The van der Waals surface area contributed by atoms with E-state index in [1.807, 2.05) is 45.0 Å². The molecule has 0 aliphatic rings. The lowest BCUT2D eigenvalue weighted by Gasteiger charge is -2.27. The van der Waals surface area contributed by atoms with Crippen LogP contribution in [0.15, 0.2) is 61.8 Å². The summed E-state index contributed by atoms with van der Waals surface area (Å²) in [6.07, 6.45) is 4.71. The van der Waals surface area contributed by atoms with E-state index in [9.17, 15) is 4.79 Å². The zero-order chi connectivity index (χ0) is 19.4. The molecule has 2 aromatic heterocycles. The number of nitrogens with zero attached hydrogens (tertiary/aromatic N) is 4.